The molecule has 2 aromatic rings. The maximum absolute atomic E-state index is 10.9. The van der Waals surface area contributed by atoms with E-state index in [-0.39, 0.29) is 12.0 Å². The van der Waals surface area contributed by atoms with E-state index in [1.54, 1.807) is 13.3 Å². The maximum Gasteiger partial charge on any atom is 0.162 e. The van der Waals surface area contributed by atoms with Crippen LogP contribution in [-0.4, -0.2) is 22.0 Å². The van der Waals surface area contributed by atoms with Gasteiger partial charge in [0, 0.05) is 6.04 Å². The summed E-state index contributed by atoms with van der Waals surface area (Å²) in [6, 6.07) is 8.62. The van der Waals surface area contributed by atoms with Crippen LogP contribution in [0.4, 0.5) is 0 Å². The van der Waals surface area contributed by atoms with E-state index in [1.807, 2.05) is 4.68 Å². The second-order valence-electron chi connectivity index (χ2n) is 6.02. The molecular weight excluding hydrogens is 264 g/mol. The third-order valence-corrected chi connectivity index (χ3v) is 4.32. The molecule has 4 heteroatoms. The number of hydrogen-bond donors (Lipinski definition) is 1. The number of aromatic nitrogens is 2. The van der Waals surface area contributed by atoms with Crippen molar-refractivity contribution in [2.24, 2.45) is 5.92 Å². The number of benzene rings is 1. The molecule has 1 aliphatic rings. The molecule has 0 amide bonds. The van der Waals surface area contributed by atoms with Crippen LogP contribution in [0.2, 0.25) is 0 Å². The van der Waals surface area contributed by atoms with Gasteiger partial charge in [0.05, 0.1) is 13.3 Å². The van der Waals surface area contributed by atoms with Crippen molar-refractivity contribution in [2.45, 2.75) is 38.8 Å². The average molecular weight is 286 g/mol. The van der Waals surface area contributed by atoms with Crippen molar-refractivity contribution in [3.8, 4) is 5.75 Å². The molecule has 4 nitrogen and oxygen atoms in total. The second-order valence-corrected chi connectivity index (χ2v) is 6.02. The van der Waals surface area contributed by atoms with Gasteiger partial charge in [-0.25, -0.2) is 0 Å². The van der Waals surface area contributed by atoms with Crippen molar-refractivity contribution in [3.05, 3.63) is 47.3 Å². The molecule has 0 aliphatic heterocycles. The second kappa shape index (κ2) is 5.53. The van der Waals surface area contributed by atoms with Crippen LogP contribution in [0, 0.1) is 5.92 Å². The summed E-state index contributed by atoms with van der Waals surface area (Å²) in [5, 5.41) is 15.2. The molecule has 1 unspecified atom stereocenters. The van der Waals surface area contributed by atoms with Gasteiger partial charge in [-0.1, -0.05) is 24.3 Å². The van der Waals surface area contributed by atoms with Crippen LogP contribution in [0.15, 0.2) is 30.5 Å². The minimum Gasteiger partial charge on any atom is -0.493 e. The third-order valence-electron chi connectivity index (χ3n) is 4.32. The van der Waals surface area contributed by atoms with Crippen molar-refractivity contribution in [2.75, 3.05) is 7.11 Å². The van der Waals surface area contributed by atoms with Gasteiger partial charge in [0.25, 0.3) is 0 Å². The van der Waals surface area contributed by atoms with Gasteiger partial charge in [-0.05, 0) is 43.7 Å². The van der Waals surface area contributed by atoms with Crippen molar-refractivity contribution in [3.63, 3.8) is 0 Å². The molecule has 0 saturated heterocycles. The zero-order valence-electron chi connectivity index (χ0n) is 12.8. The number of rotatable bonds is 4. The first kappa shape index (κ1) is 14.1. The molecular formula is C17H22N2O2. The Hall–Kier alpha value is -1.81. The summed E-state index contributed by atoms with van der Waals surface area (Å²) in [6.45, 7) is 4.12. The zero-order chi connectivity index (χ0) is 15.0. The van der Waals surface area contributed by atoms with E-state index in [9.17, 15) is 5.11 Å². The number of hydrogen-bond acceptors (Lipinski definition) is 3. The summed E-state index contributed by atoms with van der Waals surface area (Å²) >= 11 is 0. The first-order chi connectivity index (χ1) is 10.1. The predicted molar refractivity (Wildman–Crippen MR) is 81.5 cm³/mol. The highest BCUT2D eigenvalue weighted by molar-refractivity contribution is 5.35. The Labute approximate surface area is 125 Å². The lowest BCUT2D eigenvalue weighted by Gasteiger charge is -2.21. The fourth-order valence-electron chi connectivity index (χ4n) is 3.25. The molecule has 1 aliphatic carbocycles. The quantitative estimate of drug-likeness (QED) is 0.940. The highest BCUT2D eigenvalue weighted by Gasteiger charge is 2.32. The topological polar surface area (TPSA) is 47.3 Å². The van der Waals surface area contributed by atoms with E-state index in [2.05, 4.69) is 43.2 Å². The molecule has 1 N–H and O–H groups in total. The fraction of sp³-hybridized carbons (Fsp3) is 0.471. The lowest BCUT2D eigenvalue weighted by Crippen LogP contribution is -2.19. The Morgan fingerprint density at radius 3 is 2.38 bits per heavy atom. The Kier molecular flexibility index (Phi) is 3.72. The summed E-state index contributed by atoms with van der Waals surface area (Å²) in [5.74, 6) is 0.859. The largest absolute Gasteiger partial charge is 0.493 e. The number of nitrogens with zero attached hydrogens (tertiary/aromatic N) is 2. The van der Waals surface area contributed by atoms with Crippen molar-refractivity contribution in [1.29, 1.82) is 0 Å². The smallest absolute Gasteiger partial charge is 0.162 e. The molecule has 0 spiro atoms. The van der Waals surface area contributed by atoms with E-state index < -0.39 is 6.10 Å². The number of ether oxygens (including phenoxy) is 1. The summed E-state index contributed by atoms with van der Waals surface area (Å²) in [7, 11) is 1.63. The maximum atomic E-state index is 10.9. The number of aliphatic hydroxyl groups excluding tert-OH is 1. The SMILES string of the molecule is COc1cnn(C(C)C)c1C(O)C1Cc2ccccc2C1. The lowest BCUT2D eigenvalue weighted by molar-refractivity contribution is 0.0993. The molecule has 21 heavy (non-hydrogen) atoms. The molecule has 3 rings (SSSR count). The molecule has 0 radical (unpaired) electrons. The van der Waals surface area contributed by atoms with E-state index in [0.29, 0.717) is 5.75 Å². The molecule has 1 aromatic heterocycles. The van der Waals surface area contributed by atoms with Crippen molar-refractivity contribution in [1.82, 2.24) is 9.78 Å². The Bertz CT molecular complexity index is 608. The van der Waals surface area contributed by atoms with Gasteiger partial charge < -0.3 is 9.84 Å². The van der Waals surface area contributed by atoms with Gasteiger partial charge in [0.2, 0.25) is 0 Å². The highest BCUT2D eigenvalue weighted by Crippen LogP contribution is 2.38. The zero-order valence-corrected chi connectivity index (χ0v) is 12.8. The number of methoxy groups -OCH3 is 1. The van der Waals surface area contributed by atoms with Gasteiger partial charge in [-0.15, -0.1) is 0 Å². The summed E-state index contributed by atoms with van der Waals surface area (Å²) < 4.78 is 7.26. The van der Waals surface area contributed by atoms with Gasteiger partial charge in [-0.2, -0.15) is 5.10 Å². The van der Waals surface area contributed by atoms with E-state index >= 15 is 0 Å². The average Bonchev–Trinajstić information content (AvgIpc) is 3.09. The lowest BCUT2D eigenvalue weighted by atomic mass is 9.96. The molecule has 0 bridgehead atoms. The van der Waals surface area contributed by atoms with Gasteiger partial charge in [-0.3, -0.25) is 4.68 Å². The van der Waals surface area contributed by atoms with Crippen LogP contribution in [0.25, 0.3) is 0 Å². The van der Waals surface area contributed by atoms with E-state index in [0.717, 1.165) is 18.5 Å². The molecule has 1 aromatic carbocycles. The van der Waals surface area contributed by atoms with Crippen LogP contribution >= 0.6 is 0 Å². The molecule has 0 saturated carbocycles. The fourth-order valence-corrected chi connectivity index (χ4v) is 3.25. The third kappa shape index (κ3) is 2.44. The molecule has 0 fully saturated rings. The minimum absolute atomic E-state index is 0.186. The minimum atomic E-state index is -0.558. The van der Waals surface area contributed by atoms with Crippen LogP contribution in [0.1, 0.15) is 42.8 Å². The van der Waals surface area contributed by atoms with Crippen LogP contribution in [-0.2, 0) is 12.8 Å². The number of fused-ring (bicyclic) bond motifs is 1. The molecule has 1 atom stereocenters. The van der Waals surface area contributed by atoms with Crippen LogP contribution in [0.3, 0.4) is 0 Å². The van der Waals surface area contributed by atoms with Gasteiger partial charge in [0.1, 0.15) is 11.8 Å². The first-order valence-corrected chi connectivity index (χ1v) is 7.48. The van der Waals surface area contributed by atoms with Crippen molar-refractivity contribution >= 4 is 0 Å². The summed E-state index contributed by atoms with van der Waals surface area (Å²) in [6.07, 6.45) is 2.95. The standard InChI is InChI=1S/C17H22N2O2/c1-11(2)19-16(15(21-3)10-18-19)17(20)14-8-12-6-4-5-7-13(12)9-14/h4-7,10-11,14,17,20H,8-9H2,1-3H3. The molecule has 112 valence electrons. The Morgan fingerprint density at radius 2 is 1.86 bits per heavy atom. The normalized spacial score (nSPS) is 16.2. The van der Waals surface area contributed by atoms with Gasteiger partial charge >= 0.3 is 0 Å². The highest BCUT2D eigenvalue weighted by atomic mass is 16.5. The molecule has 1 heterocycles. The van der Waals surface area contributed by atoms with E-state index in [1.165, 1.54) is 11.1 Å². The van der Waals surface area contributed by atoms with Gasteiger partial charge in [0.15, 0.2) is 5.75 Å². The Morgan fingerprint density at radius 1 is 1.24 bits per heavy atom. The van der Waals surface area contributed by atoms with E-state index in [4.69, 9.17) is 4.74 Å². The number of aliphatic hydroxyl groups is 1. The summed E-state index contributed by atoms with van der Waals surface area (Å²) in [5.41, 5.74) is 3.48. The van der Waals surface area contributed by atoms with Crippen LogP contribution in [0.5, 0.6) is 5.75 Å². The Balaban J connectivity index is 1.90. The van der Waals surface area contributed by atoms with Crippen LogP contribution < -0.4 is 4.74 Å². The van der Waals surface area contributed by atoms with Crippen molar-refractivity contribution < 1.29 is 9.84 Å². The summed E-state index contributed by atoms with van der Waals surface area (Å²) in [4.78, 5) is 0. The first-order valence-electron chi connectivity index (χ1n) is 7.48. The predicted octanol–water partition coefficient (Wildman–Crippen LogP) is 2.92. The monoisotopic (exact) mass is 286 g/mol.